The van der Waals surface area contributed by atoms with Crippen molar-refractivity contribution in [3.8, 4) is 0 Å². The lowest BCUT2D eigenvalue weighted by atomic mass is 10.1. The number of amides is 1. The molecule has 102 valence electrons. The Morgan fingerprint density at radius 3 is 3.00 bits per heavy atom. The Morgan fingerprint density at radius 1 is 1.37 bits per heavy atom. The first-order valence-electron chi connectivity index (χ1n) is 6.74. The highest BCUT2D eigenvalue weighted by molar-refractivity contribution is 5.92. The SMILES string of the molecule is NNc1ccc(C(=O)N2CCN3CCCC3C2)nc1. The summed E-state index contributed by atoms with van der Waals surface area (Å²) in [4.78, 5) is 20.9. The van der Waals surface area contributed by atoms with Crippen molar-refractivity contribution < 1.29 is 4.79 Å². The lowest BCUT2D eigenvalue weighted by molar-refractivity contribution is 0.0566. The van der Waals surface area contributed by atoms with Crippen LogP contribution in [0.25, 0.3) is 0 Å². The second-order valence-electron chi connectivity index (χ2n) is 5.16. The van der Waals surface area contributed by atoms with Crippen molar-refractivity contribution in [1.29, 1.82) is 0 Å². The zero-order valence-corrected chi connectivity index (χ0v) is 10.9. The van der Waals surface area contributed by atoms with E-state index in [2.05, 4.69) is 15.3 Å². The van der Waals surface area contributed by atoms with Gasteiger partial charge in [0.2, 0.25) is 0 Å². The minimum atomic E-state index is 0.0233. The topological polar surface area (TPSA) is 74.5 Å². The molecule has 1 amide bonds. The largest absolute Gasteiger partial charge is 0.334 e. The molecule has 0 aromatic carbocycles. The van der Waals surface area contributed by atoms with E-state index in [1.54, 1.807) is 18.3 Å². The van der Waals surface area contributed by atoms with Gasteiger partial charge in [-0.15, -0.1) is 0 Å². The first kappa shape index (κ1) is 12.4. The van der Waals surface area contributed by atoms with Crippen LogP contribution in [0.4, 0.5) is 5.69 Å². The van der Waals surface area contributed by atoms with Crippen molar-refractivity contribution in [2.75, 3.05) is 31.6 Å². The molecule has 0 spiro atoms. The van der Waals surface area contributed by atoms with Crippen molar-refractivity contribution >= 4 is 11.6 Å². The van der Waals surface area contributed by atoms with Gasteiger partial charge in [-0.3, -0.25) is 15.5 Å². The summed E-state index contributed by atoms with van der Waals surface area (Å²) in [5.74, 6) is 5.31. The molecule has 1 aromatic heterocycles. The summed E-state index contributed by atoms with van der Waals surface area (Å²) in [6.45, 7) is 3.80. The number of carbonyl (C=O) groups is 1. The quantitative estimate of drug-likeness (QED) is 0.591. The van der Waals surface area contributed by atoms with Crippen molar-refractivity contribution in [2.24, 2.45) is 5.84 Å². The van der Waals surface area contributed by atoms with E-state index in [0.717, 1.165) is 19.6 Å². The van der Waals surface area contributed by atoms with Crippen LogP contribution in [0.2, 0.25) is 0 Å². The number of anilines is 1. The molecule has 3 heterocycles. The molecule has 0 aliphatic carbocycles. The van der Waals surface area contributed by atoms with Gasteiger partial charge in [-0.2, -0.15) is 0 Å². The Balaban J connectivity index is 1.69. The standard InChI is InChI=1S/C13H19N5O/c14-16-10-3-4-12(15-8-10)13(19)18-7-6-17-5-1-2-11(17)9-18/h3-4,8,11,16H,1-2,5-7,9,14H2. The van der Waals surface area contributed by atoms with E-state index >= 15 is 0 Å². The number of carbonyl (C=O) groups excluding carboxylic acids is 1. The van der Waals surface area contributed by atoms with Crippen molar-refractivity contribution in [1.82, 2.24) is 14.8 Å². The zero-order chi connectivity index (χ0) is 13.2. The summed E-state index contributed by atoms with van der Waals surface area (Å²) in [6, 6.07) is 4.03. The maximum Gasteiger partial charge on any atom is 0.272 e. The molecule has 3 rings (SSSR count). The highest BCUT2D eigenvalue weighted by Crippen LogP contribution is 2.22. The van der Waals surface area contributed by atoms with Gasteiger partial charge in [-0.25, -0.2) is 4.98 Å². The number of aromatic nitrogens is 1. The van der Waals surface area contributed by atoms with Gasteiger partial charge in [0.05, 0.1) is 11.9 Å². The third-order valence-corrected chi connectivity index (χ3v) is 4.02. The maximum atomic E-state index is 12.4. The number of nitrogen functional groups attached to an aromatic ring is 1. The Hall–Kier alpha value is -1.66. The molecule has 1 aromatic rings. The van der Waals surface area contributed by atoms with Crippen LogP contribution < -0.4 is 11.3 Å². The third kappa shape index (κ3) is 2.41. The smallest absolute Gasteiger partial charge is 0.272 e. The van der Waals surface area contributed by atoms with E-state index in [1.807, 2.05) is 4.90 Å². The Morgan fingerprint density at radius 2 is 2.26 bits per heavy atom. The van der Waals surface area contributed by atoms with Crippen molar-refractivity contribution in [3.05, 3.63) is 24.0 Å². The van der Waals surface area contributed by atoms with E-state index in [4.69, 9.17) is 5.84 Å². The number of nitrogens with zero attached hydrogens (tertiary/aromatic N) is 3. The van der Waals surface area contributed by atoms with Gasteiger partial charge in [0, 0.05) is 25.7 Å². The molecule has 0 radical (unpaired) electrons. The molecule has 2 saturated heterocycles. The molecule has 2 aliphatic rings. The minimum Gasteiger partial charge on any atom is -0.334 e. The van der Waals surface area contributed by atoms with Crippen LogP contribution in [0.5, 0.6) is 0 Å². The monoisotopic (exact) mass is 261 g/mol. The molecule has 1 unspecified atom stereocenters. The number of fused-ring (bicyclic) bond motifs is 1. The van der Waals surface area contributed by atoms with Crippen molar-refractivity contribution in [3.63, 3.8) is 0 Å². The number of hydrazine groups is 1. The molecule has 0 saturated carbocycles. The summed E-state index contributed by atoms with van der Waals surface area (Å²) in [6.07, 6.45) is 4.04. The van der Waals surface area contributed by atoms with Gasteiger partial charge in [0.15, 0.2) is 0 Å². The van der Waals surface area contributed by atoms with Crippen LogP contribution in [0, 0.1) is 0 Å². The van der Waals surface area contributed by atoms with Crippen molar-refractivity contribution in [2.45, 2.75) is 18.9 Å². The fourth-order valence-electron chi connectivity index (χ4n) is 2.94. The van der Waals surface area contributed by atoms with Gasteiger partial charge in [0.25, 0.3) is 5.91 Å². The molecular weight excluding hydrogens is 242 g/mol. The number of hydrogen-bond acceptors (Lipinski definition) is 5. The van der Waals surface area contributed by atoms with Crippen LogP contribution in [0.1, 0.15) is 23.3 Å². The van der Waals surface area contributed by atoms with Gasteiger partial charge >= 0.3 is 0 Å². The fraction of sp³-hybridized carbons (Fsp3) is 0.538. The average Bonchev–Trinajstić information content (AvgIpc) is 2.94. The van der Waals surface area contributed by atoms with Gasteiger partial charge < -0.3 is 10.3 Å². The summed E-state index contributed by atoms with van der Waals surface area (Å²) < 4.78 is 0. The molecule has 6 nitrogen and oxygen atoms in total. The van der Waals surface area contributed by atoms with E-state index in [9.17, 15) is 4.79 Å². The zero-order valence-electron chi connectivity index (χ0n) is 10.9. The molecular formula is C13H19N5O. The predicted molar refractivity (Wildman–Crippen MR) is 72.5 cm³/mol. The van der Waals surface area contributed by atoms with Crippen LogP contribution in [0.15, 0.2) is 18.3 Å². The molecule has 19 heavy (non-hydrogen) atoms. The van der Waals surface area contributed by atoms with E-state index in [1.165, 1.54) is 19.4 Å². The summed E-state index contributed by atoms with van der Waals surface area (Å²) in [7, 11) is 0. The summed E-state index contributed by atoms with van der Waals surface area (Å²) >= 11 is 0. The van der Waals surface area contributed by atoms with Crippen LogP contribution in [-0.2, 0) is 0 Å². The second kappa shape index (κ2) is 5.14. The molecule has 0 bridgehead atoms. The number of nitrogens with two attached hydrogens (primary N) is 1. The maximum absolute atomic E-state index is 12.4. The van der Waals surface area contributed by atoms with Crippen LogP contribution in [-0.4, -0.2) is 52.9 Å². The number of rotatable bonds is 2. The molecule has 6 heteroatoms. The van der Waals surface area contributed by atoms with E-state index in [0.29, 0.717) is 17.4 Å². The van der Waals surface area contributed by atoms with Gasteiger partial charge in [0.1, 0.15) is 5.69 Å². The predicted octanol–water partition coefficient (Wildman–Crippen LogP) is 0.287. The van der Waals surface area contributed by atoms with E-state index in [-0.39, 0.29) is 5.91 Å². The average molecular weight is 261 g/mol. The first-order chi connectivity index (χ1) is 9.28. The lowest BCUT2D eigenvalue weighted by Crippen LogP contribution is -2.52. The summed E-state index contributed by atoms with van der Waals surface area (Å²) in [5.41, 5.74) is 3.71. The number of piperazine rings is 1. The second-order valence-corrected chi connectivity index (χ2v) is 5.16. The molecule has 2 aliphatic heterocycles. The van der Waals surface area contributed by atoms with Gasteiger partial charge in [-0.05, 0) is 31.5 Å². The number of nitrogens with one attached hydrogen (secondary N) is 1. The van der Waals surface area contributed by atoms with Crippen LogP contribution >= 0.6 is 0 Å². The minimum absolute atomic E-state index is 0.0233. The molecule has 1 atom stereocenters. The van der Waals surface area contributed by atoms with Gasteiger partial charge in [-0.1, -0.05) is 0 Å². The first-order valence-corrected chi connectivity index (χ1v) is 6.74. The highest BCUT2D eigenvalue weighted by Gasteiger charge is 2.32. The Labute approximate surface area is 112 Å². The van der Waals surface area contributed by atoms with E-state index < -0.39 is 0 Å². The normalized spacial score (nSPS) is 23.2. The fourth-order valence-corrected chi connectivity index (χ4v) is 2.94. The summed E-state index contributed by atoms with van der Waals surface area (Å²) in [5, 5.41) is 0. The number of hydrogen-bond donors (Lipinski definition) is 2. The molecule has 2 fully saturated rings. The Bertz CT molecular complexity index is 461. The number of pyridine rings is 1. The lowest BCUT2D eigenvalue weighted by Gasteiger charge is -2.37. The third-order valence-electron chi connectivity index (χ3n) is 4.02. The van der Waals surface area contributed by atoms with Crippen LogP contribution in [0.3, 0.4) is 0 Å². The highest BCUT2D eigenvalue weighted by atomic mass is 16.2. The Kier molecular flexibility index (Phi) is 3.35. The molecule has 3 N–H and O–H groups in total.